The monoisotopic (exact) mass is 338 g/mol. The van der Waals surface area contributed by atoms with Crippen molar-refractivity contribution in [3.63, 3.8) is 0 Å². The molecule has 0 spiro atoms. The molecule has 0 amide bonds. The normalized spacial score (nSPS) is 11.4. The van der Waals surface area contributed by atoms with Crippen molar-refractivity contribution < 1.29 is 14.3 Å². The molecule has 2 aromatic rings. The Hall–Kier alpha value is -2.08. The fraction of sp³-hybridized carbons (Fsp3) is 0.0714. The van der Waals surface area contributed by atoms with Crippen molar-refractivity contribution in [2.45, 2.75) is 6.92 Å². The number of aryl methyl sites for hydroxylation is 1. The van der Waals surface area contributed by atoms with Gasteiger partial charge < -0.3 is 15.7 Å². The van der Waals surface area contributed by atoms with E-state index in [1.165, 1.54) is 12.1 Å². The number of halogens is 2. The number of benzene rings is 2. The van der Waals surface area contributed by atoms with Gasteiger partial charge in [0.2, 0.25) is 0 Å². The Balaban J connectivity index is 2.47. The first-order chi connectivity index (χ1) is 9.51. The molecule has 0 aliphatic rings. The maximum atomic E-state index is 13.7. The van der Waals surface area contributed by atoms with E-state index in [0.29, 0.717) is 15.8 Å². The second-order valence-electron chi connectivity index (χ2n) is 4.16. The summed E-state index contributed by atoms with van der Waals surface area (Å²) in [6.07, 6.45) is 0. The average molecular weight is 339 g/mol. The molecular weight excluding hydrogens is 327 g/mol. The van der Waals surface area contributed by atoms with Gasteiger partial charge in [0.05, 0.1) is 5.56 Å². The van der Waals surface area contributed by atoms with Crippen LogP contribution in [0.25, 0.3) is 0 Å². The van der Waals surface area contributed by atoms with Crippen LogP contribution in [-0.2, 0) is 0 Å². The van der Waals surface area contributed by atoms with Gasteiger partial charge in [-0.2, -0.15) is 0 Å². The van der Waals surface area contributed by atoms with Crippen LogP contribution >= 0.6 is 15.9 Å². The van der Waals surface area contributed by atoms with Crippen molar-refractivity contribution in [3.05, 3.63) is 57.8 Å². The smallest absolute Gasteiger partial charge is 0.173 e. The molecule has 3 N–H and O–H groups in total. The lowest BCUT2D eigenvalue weighted by Gasteiger charge is -2.12. The van der Waals surface area contributed by atoms with Gasteiger partial charge in [-0.1, -0.05) is 27.2 Å². The SMILES string of the molecule is Cc1ccc(/C(N)=N/O)c(Oc2cc(Br)ccc2F)c1. The van der Waals surface area contributed by atoms with Crippen LogP contribution in [0.3, 0.4) is 0 Å². The van der Waals surface area contributed by atoms with E-state index < -0.39 is 5.82 Å². The third-order valence-electron chi connectivity index (χ3n) is 2.63. The molecule has 0 atom stereocenters. The van der Waals surface area contributed by atoms with Crippen LogP contribution in [0, 0.1) is 12.7 Å². The summed E-state index contributed by atoms with van der Waals surface area (Å²) in [5.74, 6) is -0.232. The molecule has 0 saturated carbocycles. The fourth-order valence-electron chi connectivity index (χ4n) is 1.65. The zero-order valence-electron chi connectivity index (χ0n) is 10.6. The lowest BCUT2D eigenvalue weighted by Crippen LogP contribution is -2.14. The number of hydrogen-bond acceptors (Lipinski definition) is 3. The molecule has 0 fully saturated rings. The molecule has 0 aliphatic carbocycles. The van der Waals surface area contributed by atoms with Crippen LogP contribution in [0.5, 0.6) is 11.5 Å². The lowest BCUT2D eigenvalue weighted by atomic mass is 10.1. The summed E-state index contributed by atoms with van der Waals surface area (Å²) < 4.78 is 19.9. The summed E-state index contributed by atoms with van der Waals surface area (Å²) in [6, 6.07) is 9.50. The Morgan fingerprint density at radius 1 is 1.25 bits per heavy atom. The van der Waals surface area contributed by atoms with Crippen LogP contribution in [-0.4, -0.2) is 11.0 Å². The number of amidine groups is 1. The van der Waals surface area contributed by atoms with E-state index in [9.17, 15) is 4.39 Å². The van der Waals surface area contributed by atoms with Gasteiger partial charge in [0.1, 0.15) is 5.75 Å². The summed E-state index contributed by atoms with van der Waals surface area (Å²) in [5, 5.41) is 11.7. The minimum atomic E-state index is -0.500. The van der Waals surface area contributed by atoms with E-state index in [-0.39, 0.29) is 11.6 Å². The minimum absolute atomic E-state index is 0.0527. The summed E-state index contributed by atoms with van der Waals surface area (Å²) >= 11 is 3.25. The second kappa shape index (κ2) is 5.92. The number of hydrogen-bond donors (Lipinski definition) is 2. The van der Waals surface area contributed by atoms with E-state index in [1.807, 2.05) is 6.92 Å². The van der Waals surface area contributed by atoms with Gasteiger partial charge in [0, 0.05) is 4.47 Å². The first kappa shape index (κ1) is 14.3. The van der Waals surface area contributed by atoms with Crippen LogP contribution in [0.15, 0.2) is 46.0 Å². The average Bonchev–Trinajstić information content (AvgIpc) is 2.42. The number of nitrogens with zero attached hydrogens (tertiary/aromatic N) is 1. The van der Waals surface area contributed by atoms with E-state index >= 15 is 0 Å². The maximum Gasteiger partial charge on any atom is 0.173 e. The highest BCUT2D eigenvalue weighted by molar-refractivity contribution is 9.10. The molecule has 0 saturated heterocycles. The zero-order valence-corrected chi connectivity index (χ0v) is 12.2. The predicted octanol–water partition coefficient (Wildman–Crippen LogP) is 3.78. The highest BCUT2D eigenvalue weighted by atomic mass is 79.9. The standard InChI is InChI=1S/C14H12BrFN2O2/c1-8-2-4-10(14(17)18-19)12(6-8)20-13-7-9(15)3-5-11(13)16/h2-7,19H,1H3,(H2,17,18). The Kier molecular flexibility index (Phi) is 4.24. The van der Waals surface area contributed by atoms with Crippen molar-refractivity contribution in [2.75, 3.05) is 0 Å². The molecule has 104 valence electrons. The van der Waals surface area contributed by atoms with Crippen LogP contribution in [0.2, 0.25) is 0 Å². The highest BCUT2D eigenvalue weighted by Gasteiger charge is 2.12. The van der Waals surface area contributed by atoms with Gasteiger partial charge in [-0.25, -0.2) is 4.39 Å². The van der Waals surface area contributed by atoms with Crippen molar-refractivity contribution in [1.29, 1.82) is 0 Å². The summed E-state index contributed by atoms with van der Waals surface area (Å²) in [6.45, 7) is 1.86. The van der Waals surface area contributed by atoms with Gasteiger partial charge >= 0.3 is 0 Å². The molecule has 0 aromatic heterocycles. The molecule has 20 heavy (non-hydrogen) atoms. The van der Waals surface area contributed by atoms with Crippen LogP contribution in [0.1, 0.15) is 11.1 Å². The van der Waals surface area contributed by atoms with Crippen molar-refractivity contribution in [2.24, 2.45) is 10.9 Å². The van der Waals surface area contributed by atoms with E-state index in [1.54, 1.807) is 24.3 Å². The topological polar surface area (TPSA) is 67.8 Å². The van der Waals surface area contributed by atoms with E-state index in [2.05, 4.69) is 21.1 Å². The van der Waals surface area contributed by atoms with E-state index in [4.69, 9.17) is 15.7 Å². The number of nitrogens with two attached hydrogens (primary N) is 1. The Labute approximate surface area is 123 Å². The number of oxime groups is 1. The molecule has 0 bridgehead atoms. The first-order valence-electron chi connectivity index (χ1n) is 5.72. The lowest BCUT2D eigenvalue weighted by molar-refractivity contribution is 0.318. The second-order valence-corrected chi connectivity index (χ2v) is 5.08. The van der Waals surface area contributed by atoms with Gasteiger partial charge in [0.15, 0.2) is 17.4 Å². The van der Waals surface area contributed by atoms with Crippen LogP contribution < -0.4 is 10.5 Å². The van der Waals surface area contributed by atoms with Crippen molar-refractivity contribution >= 4 is 21.8 Å². The first-order valence-corrected chi connectivity index (χ1v) is 6.52. The molecule has 0 unspecified atom stereocenters. The predicted molar refractivity (Wildman–Crippen MR) is 77.9 cm³/mol. The molecule has 2 rings (SSSR count). The number of rotatable bonds is 3. The molecular formula is C14H12BrFN2O2. The third kappa shape index (κ3) is 3.08. The molecule has 0 radical (unpaired) electrons. The van der Waals surface area contributed by atoms with Gasteiger partial charge in [-0.05, 0) is 42.8 Å². The molecule has 0 heterocycles. The molecule has 4 nitrogen and oxygen atoms in total. The fourth-order valence-corrected chi connectivity index (χ4v) is 1.99. The largest absolute Gasteiger partial charge is 0.453 e. The Morgan fingerprint density at radius 2 is 2.00 bits per heavy atom. The number of ether oxygens (including phenoxy) is 1. The van der Waals surface area contributed by atoms with Gasteiger partial charge in [0.25, 0.3) is 0 Å². The van der Waals surface area contributed by atoms with Crippen molar-refractivity contribution in [3.8, 4) is 11.5 Å². The van der Waals surface area contributed by atoms with Crippen molar-refractivity contribution in [1.82, 2.24) is 0 Å². The molecule has 0 aliphatic heterocycles. The highest BCUT2D eigenvalue weighted by Crippen LogP contribution is 2.30. The maximum absolute atomic E-state index is 13.7. The Bertz CT molecular complexity index is 674. The summed E-state index contributed by atoms with van der Waals surface area (Å²) in [4.78, 5) is 0. The third-order valence-corrected chi connectivity index (χ3v) is 3.13. The minimum Gasteiger partial charge on any atom is -0.453 e. The quantitative estimate of drug-likeness (QED) is 0.387. The van der Waals surface area contributed by atoms with Crippen LogP contribution in [0.4, 0.5) is 4.39 Å². The summed E-state index contributed by atoms with van der Waals surface area (Å²) in [7, 11) is 0. The zero-order chi connectivity index (χ0) is 14.7. The van der Waals surface area contributed by atoms with Gasteiger partial charge in [-0.3, -0.25) is 0 Å². The summed E-state index contributed by atoms with van der Waals surface area (Å²) in [5.41, 5.74) is 6.88. The van der Waals surface area contributed by atoms with E-state index in [0.717, 1.165) is 5.56 Å². The molecule has 2 aromatic carbocycles. The van der Waals surface area contributed by atoms with Gasteiger partial charge in [-0.15, -0.1) is 0 Å². The Morgan fingerprint density at radius 3 is 2.70 bits per heavy atom. The molecule has 6 heteroatoms.